The van der Waals surface area contributed by atoms with Crippen LogP contribution in [0.4, 0.5) is 5.82 Å². The Morgan fingerprint density at radius 3 is 2.67 bits per heavy atom. The molecule has 2 rings (SSSR count). The van der Waals surface area contributed by atoms with Crippen LogP contribution in [0.15, 0.2) is 18.3 Å². The molecule has 0 radical (unpaired) electrons. The van der Waals surface area contributed by atoms with Crippen molar-refractivity contribution in [2.45, 2.75) is 19.9 Å². The molecule has 1 fully saturated rings. The van der Waals surface area contributed by atoms with Crippen LogP contribution in [-0.4, -0.2) is 62.9 Å². The molecule has 0 spiro atoms. The van der Waals surface area contributed by atoms with Crippen molar-refractivity contribution in [3.05, 3.63) is 23.9 Å². The molecule has 1 saturated heterocycles. The van der Waals surface area contributed by atoms with Crippen LogP contribution in [-0.2, 0) is 11.3 Å². The largest absolute Gasteiger partial charge is 0.383 e. The Labute approximate surface area is 128 Å². The molecule has 0 aromatic carbocycles. The van der Waals surface area contributed by atoms with Gasteiger partial charge in [-0.2, -0.15) is 0 Å². The molecule has 2 heterocycles. The highest BCUT2D eigenvalue weighted by Gasteiger charge is 2.16. The zero-order chi connectivity index (χ0) is 14.9. The minimum Gasteiger partial charge on any atom is -0.383 e. The predicted octanol–water partition coefficient (Wildman–Crippen LogP) is 1.35. The average molecular weight is 292 g/mol. The lowest BCUT2D eigenvalue weighted by molar-refractivity contribution is 0.199. The number of pyridine rings is 1. The minimum absolute atomic E-state index is 0.744. The summed E-state index contributed by atoms with van der Waals surface area (Å²) in [7, 11) is 1.72. The fraction of sp³-hybridized carbons (Fsp3) is 0.688. The van der Waals surface area contributed by atoms with Gasteiger partial charge in [-0.05, 0) is 24.6 Å². The molecule has 5 nitrogen and oxygen atoms in total. The summed E-state index contributed by atoms with van der Waals surface area (Å²) in [5, 5.41) is 3.34. The summed E-state index contributed by atoms with van der Waals surface area (Å²) < 4.78 is 5.02. The second-order valence-electron chi connectivity index (χ2n) is 5.52. The van der Waals surface area contributed by atoms with Crippen molar-refractivity contribution in [3.63, 3.8) is 0 Å². The van der Waals surface area contributed by atoms with Gasteiger partial charge in [-0.1, -0.05) is 13.0 Å². The first-order valence-electron chi connectivity index (χ1n) is 7.95. The minimum atomic E-state index is 0.744. The van der Waals surface area contributed by atoms with Crippen molar-refractivity contribution < 1.29 is 4.74 Å². The van der Waals surface area contributed by atoms with E-state index in [0.29, 0.717) is 0 Å². The molecule has 21 heavy (non-hydrogen) atoms. The summed E-state index contributed by atoms with van der Waals surface area (Å²) in [6.45, 7) is 10.4. The number of nitrogens with one attached hydrogen (secondary N) is 1. The number of nitrogens with zero attached hydrogens (tertiary/aromatic N) is 3. The average Bonchev–Trinajstić information content (AvgIpc) is 2.53. The number of ether oxygens (including phenoxy) is 1. The number of anilines is 1. The van der Waals surface area contributed by atoms with Crippen molar-refractivity contribution in [2.24, 2.45) is 0 Å². The van der Waals surface area contributed by atoms with E-state index in [1.807, 2.05) is 6.20 Å². The highest BCUT2D eigenvalue weighted by atomic mass is 16.5. The zero-order valence-electron chi connectivity index (χ0n) is 13.3. The maximum absolute atomic E-state index is 5.02. The van der Waals surface area contributed by atoms with Crippen LogP contribution in [0.5, 0.6) is 0 Å². The third kappa shape index (κ3) is 5.26. The van der Waals surface area contributed by atoms with E-state index >= 15 is 0 Å². The molecule has 118 valence electrons. The predicted molar refractivity (Wildman–Crippen MR) is 86.8 cm³/mol. The van der Waals surface area contributed by atoms with Gasteiger partial charge in [-0.25, -0.2) is 4.98 Å². The lowest BCUT2D eigenvalue weighted by atomic mass is 10.2. The van der Waals surface area contributed by atoms with Gasteiger partial charge in [-0.15, -0.1) is 0 Å². The fourth-order valence-corrected chi connectivity index (χ4v) is 2.63. The smallest absolute Gasteiger partial charge is 0.128 e. The molecule has 5 heteroatoms. The zero-order valence-corrected chi connectivity index (χ0v) is 13.3. The second-order valence-corrected chi connectivity index (χ2v) is 5.52. The number of methoxy groups -OCH3 is 1. The van der Waals surface area contributed by atoms with Gasteiger partial charge in [0.1, 0.15) is 5.82 Å². The summed E-state index contributed by atoms with van der Waals surface area (Å²) in [6.07, 6.45) is 3.22. The van der Waals surface area contributed by atoms with Crippen molar-refractivity contribution in [2.75, 3.05) is 57.9 Å². The van der Waals surface area contributed by atoms with Gasteiger partial charge in [0.15, 0.2) is 0 Å². The van der Waals surface area contributed by atoms with Crippen LogP contribution in [0.25, 0.3) is 0 Å². The fourth-order valence-electron chi connectivity index (χ4n) is 2.63. The molecule has 0 unspecified atom stereocenters. The van der Waals surface area contributed by atoms with E-state index in [9.17, 15) is 0 Å². The van der Waals surface area contributed by atoms with E-state index in [0.717, 1.165) is 51.7 Å². The molecular weight excluding hydrogens is 264 g/mol. The Bertz CT molecular complexity index is 388. The first-order chi connectivity index (χ1) is 10.3. The molecule has 1 N–H and O–H groups in total. The second kappa shape index (κ2) is 8.97. The maximum Gasteiger partial charge on any atom is 0.128 e. The number of hydrogen-bond donors (Lipinski definition) is 1. The van der Waals surface area contributed by atoms with Crippen LogP contribution < -0.4 is 10.2 Å². The molecule has 0 aliphatic carbocycles. The monoisotopic (exact) mass is 292 g/mol. The van der Waals surface area contributed by atoms with E-state index in [-0.39, 0.29) is 0 Å². The molecule has 0 atom stereocenters. The van der Waals surface area contributed by atoms with E-state index in [4.69, 9.17) is 4.74 Å². The van der Waals surface area contributed by atoms with Crippen LogP contribution in [0, 0.1) is 0 Å². The summed E-state index contributed by atoms with van der Waals surface area (Å²) in [6, 6.07) is 4.31. The van der Waals surface area contributed by atoms with E-state index < -0.39 is 0 Å². The first kappa shape index (κ1) is 16.2. The van der Waals surface area contributed by atoms with Crippen LogP contribution in [0.1, 0.15) is 18.9 Å². The highest BCUT2D eigenvalue weighted by Crippen LogP contribution is 2.14. The number of piperazine rings is 1. The van der Waals surface area contributed by atoms with Gasteiger partial charge < -0.3 is 15.0 Å². The molecular formula is C16H28N4O. The molecule has 0 amide bonds. The lowest BCUT2D eigenvalue weighted by Crippen LogP contribution is -2.46. The van der Waals surface area contributed by atoms with E-state index in [2.05, 4.69) is 39.2 Å². The Hall–Kier alpha value is -1.17. The van der Waals surface area contributed by atoms with Gasteiger partial charge in [0, 0.05) is 52.6 Å². The Balaban J connectivity index is 1.77. The first-order valence-corrected chi connectivity index (χ1v) is 7.95. The standard InChI is InChI=1S/C16H28N4O/c1-3-7-19-8-10-20(11-9-19)16-5-4-15(14-18-16)13-17-6-12-21-2/h4-5,14,17H,3,6-13H2,1-2H3. The summed E-state index contributed by atoms with van der Waals surface area (Å²) >= 11 is 0. The SMILES string of the molecule is CCCN1CCN(c2ccc(CNCCOC)cn2)CC1. The summed E-state index contributed by atoms with van der Waals surface area (Å²) in [5.74, 6) is 1.10. The van der Waals surface area contributed by atoms with E-state index in [1.165, 1.54) is 18.5 Å². The Morgan fingerprint density at radius 2 is 2.05 bits per heavy atom. The lowest BCUT2D eigenvalue weighted by Gasteiger charge is -2.35. The topological polar surface area (TPSA) is 40.6 Å². The Morgan fingerprint density at radius 1 is 1.24 bits per heavy atom. The number of hydrogen-bond acceptors (Lipinski definition) is 5. The van der Waals surface area contributed by atoms with Gasteiger partial charge in [0.2, 0.25) is 0 Å². The number of rotatable bonds is 8. The molecule has 1 aliphatic rings. The van der Waals surface area contributed by atoms with Gasteiger partial charge in [-0.3, -0.25) is 4.90 Å². The Kier molecular flexibility index (Phi) is 6.92. The molecule has 1 aromatic heterocycles. The van der Waals surface area contributed by atoms with Crippen molar-refractivity contribution >= 4 is 5.82 Å². The third-order valence-corrected chi connectivity index (χ3v) is 3.86. The molecule has 0 bridgehead atoms. The normalized spacial score (nSPS) is 16.4. The molecule has 1 aromatic rings. The van der Waals surface area contributed by atoms with Crippen molar-refractivity contribution in [1.29, 1.82) is 0 Å². The summed E-state index contributed by atoms with van der Waals surface area (Å²) in [4.78, 5) is 9.52. The highest BCUT2D eigenvalue weighted by molar-refractivity contribution is 5.39. The van der Waals surface area contributed by atoms with Crippen LogP contribution in [0.2, 0.25) is 0 Å². The van der Waals surface area contributed by atoms with Gasteiger partial charge >= 0.3 is 0 Å². The van der Waals surface area contributed by atoms with Crippen LogP contribution >= 0.6 is 0 Å². The number of aromatic nitrogens is 1. The maximum atomic E-state index is 5.02. The quantitative estimate of drug-likeness (QED) is 0.733. The van der Waals surface area contributed by atoms with E-state index in [1.54, 1.807) is 7.11 Å². The van der Waals surface area contributed by atoms with Crippen molar-refractivity contribution in [1.82, 2.24) is 15.2 Å². The van der Waals surface area contributed by atoms with Crippen molar-refractivity contribution in [3.8, 4) is 0 Å². The molecule has 0 saturated carbocycles. The summed E-state index contributed by atoms with van der Waals surface area (Å²) in [5.41, 5.74) is 1.22. The third-order valence-electron chi connectivity index (χ3n) is 3.86. The molecule has 1 aliphatic heterocycles. The van der Waals surface area contributed by atoms with Gasteiger partial charge in [0.25, 0.3) is 0 Å². The van der Waals surface area contributed by atoms with Crippen LogP contribution in [0.3, 0.4) is 0 Å². The van der Waals surface area contributed by atoms with Gasteiger partial charge in [0.05, 0.1) is 6.61 Å².